The van der Waals surface area contributed by atoms with Gasteiger partial charge in [-0.25, -0.2) is 9.37 Å². The lowest BCUT2D eigenvalue weighted by Crippen LogP contribution is -2.34. The fourth-order valence-corrected chi connectivity index (χ4v) is 4.28. The summed E-state index contributed by atoms with van der Waals surface area (Å²) in [5.74, 6) is -1.10. The van der Waals surface area contributed by atoms with Crippen LogP contribution in [0.15, 0.2) is 30.6 Å². The lowest BCUT2D eigenvalue weighted by Gasteiger charge is -2.26. The second-order valence-electron chi connectivity index (χ2n) is 8.72. The van der Waals surface area contributed by atoms with Crippen LogP contribution in [0.3, 0.4) is 0 Å². The number of fused-ring (bicyclic) bond motifs is 1. The number of methoxy groups -OCH3 is 1. The molecule has 2 heterocycles. The van der Waals surface area contributed by atoms with Crippen molar-refractivity contribution in [1.29, 1.82) is 0 Å². The molecule has 1 aromatic carbocycles. The van der Waals surface area contributed by atoms with E-state index in [1.807, 2.05) is 0 Å². The molecule has 1 fully saturated rings. The summed E-state index contributed by atoms with van der Waals surface area (Å²) >= 11 is 0. The van der Waals surface area contributed by atoms with Crippen molar-refractivity contribution in [2.24, 2.45) is 11.8 Å². The van der Waals surface area contributed by atoms with Crippen LogP contribution in [-0.4, -0.2) is 51.0 Å². The van der Waals surface area contributed by atoms with Crippen molar-refractivity contribution in [3.63, 3.8) is 0 Å². The van der Waals surface area contributed by atoms with Gasteiger partial charge in [-0.05, 0) is 55.7 Å². The second-order valence-corrected chi connectivity index (χ2v) is 8.72. The van der Waals surface area contributed by atoms with Gasteiger partial charge < -0.3 is 15.4 Å². The van der Waals surface area contributed by atoms with Crippen LogP contribution in [0.1, 0.15) is 57.8 Å². The molecule has 4 rings (SSSR count). The Balaban J connectivity index is 1.41. The molecular formula is C24H27FN6O4. The van der Waals surface area contributed by atoms with E-state index in [2.05, 4.69) is 25.7 Å². The number of halogens is 1. The molecule has 1 saturated carbocycles. The Hall–Kier alpha value is -3.89. The Bertz CT molecular complexity index is 1250. The molecule has 3 aromatic rings. The first-order valence-electron chi connectivity index (χ1n) is 11.5. The van der Waals surface area contributed by atoms with Crippen LogP contribution < -0.4 is 10.6 Å². The van der Waals surface area contributed by atoms with Crippen LogP contribution >= 0.6 is 0 Å². The molecule has 0 atom stereocenters. The molecule has 11 heteroatoms. The largest absolute Gasteiger partial charge is 0.469 e. The summed E-state index contributed by atoms with van der Waals surface area (Å²) in [4.78, 5) is 45.7. The van der Waals surface area contributed by atoms with Crippen molar-refractivity contribution in [2.75, 3.05) is 13.7 Å². The number of carbonyl (C=O) groups is 3. The molecule has 2 N–H and O–H groups in total. The van der Waals surface area contributed by atoms with Gasteiger partial charge in [-0.15, -0.1) is 0 Å². The van der Waals surface area contributed by atoms with Gasteiger partial charge in [0.2, 0.25) is 0 Å². The smallest absolute Gasteiger partial charge is 0.308 e. The molecule has 0 spiro atoms. The number of ether oxygens (including phenoxy) is 1. The number of aryl methyl sites for hydroxylation is 1. The molecule has 0 saturated heterocycles. The van der Waals surface area contributed by atoms with Crippen molar-refractivity contribution < 1.29 is 23.5 Å². The number of nitrogens with one attached hydrogen (secondary N) is 2. The van der Waals surface area contributed by atoms with Crippen LogP contribution in [0, 0.1) is 24.6 Å². The normalized spacial score (nSPS) is 17.7. The highest BCUT2D eigenvalue weighted by molar-refractivity contribution is 5.98. The zero-order chi connectivity index (χ0) is 24.9. The Kier molecular flexibility index (Phi) is 7.33. The van der Waals surface area contributed by atoms with Crippen LogP contribution in [-0.2, 0) is 16.1 Å². The first kappa shape index (κ1) is 24.2. The third kappa shape index (κ3) is 5.61. The van der Waals surface area contributed by atoms with Crippen LogP contribution in [0.5, 0.6) is 0 Å². The third-order valence-corrected chi connectivity index (χ3v) is 6.33. The number of rotatable bonds is 7. The van der Waals surface area contributed by atoms with E-state index in [1.165, 1.54) is 30.1 Å². The van der Waals surface area contributed by atoms with Crippen LogP contribution in [0.25, 0.3) is 5.78 Å². The SMILES string of the molecule is COC(=O)[C@H]1CC[C@@H](CNC(=O)c2cc(C(=O)NCc3ccc(F)c(C)c3)nc3ncnn23)CC1. The topological polar surface area (TPSA) is 128 Å². The molecule has 2 aromatic heterocycles. The van der Waals surface area contributed by atoms with Gasteiger partial charge in [-0.2, -0.15) is 14.6 Å². The van der Waals surface area contributed by atoms with Gasteiger partial charge in [-0.1, -0.05) is 12.1 Å². The fourth-order valence-electron chi connectivity index (χ4n) is 4.28. The standard InChI is InChI=1S/C24H27FN6O4/c1-14-9-16(5-8-18(14)25)12-26-21(32)19-10-20(31-24(30-19)28-13-29-31)22(33)27-11-15-3-6-17(7-4-15)23(34)35-2/h5,8-10,13,15,17H,3-4,6-7,11-12H2,1-2H3,(H,26,32)(H,27,33)/t15-,17+. The number of esters is 1. The molecule has 184 valence electrons. The van der Waals surface area contributed by atoms with E-state index in [9.17, 15) is 18.8 Å². The lowest BCUT2D eigenvalue weighted by atomic mass is 9.82. The molecule has 35 heavy (non-hydrogen) atoms. The molecule has 1 aliphatic carbocycles. The highest BCUT2D eigenvalue weighted by atomic mass is 19.1. The zero-order valence-corrected chi connectivity index (χ0v) is 19.6. The average Bonchev–Trinajstić information content (AvgIpc) is 3.36. The number of nitrogens with zero attached hydrogens (tertiary/aromatic N) is 4. The predicted octanol–water partition coefficient (Wildman–Crippen LogP) is 2.21. The Morgan fingerprint density at radius 3 is 2.60 bits per heavy atom. The van der Waals surface area contributed by atoms with E-state index in [4.69, 9.17) is 4.74 Å². The van der Waals surface area contributed by atoms with Crippen molar-refractivity contribution in [2.45, 2.75) is 39.2 Å². The quantitative estimate of drug-likeness (QED) is 0.494. The van der Waals surface area contributed by atoms with E-state index >= 15 is 0 Å². The minimum atomic E-state index is -0.493. The lowest BCUT2D eigenvalue weighted by molar-refractivity contribution is -0.146. The van der Waals surface area contributed by atoms with Crippen LogP contribution in [0.4, 0.5) is 4.39 Å². The van der Waals surface area contributed by atoms with Crippen molar-refractivity contribution in [1.82, 2.24) is 30.2 Å². The molecule has 10 nitrogen and oxygen atoms in total. The van der Waals surface area contributed by atoms with Gasteiger partial charge in [0.15, 0.2) is 0 Å². The zero-order valence-electron chi connectivity index (χ0n) is 19.6. The van der Waals surface area contributed by atoms with E-state index in [0.29, 0.717) is 12.1 Å². The second kappa shape index (κ2) is 10.6. The number of aromatic nitrogens is 4. The number of amides is 2. The van der Waals surface area contributed by atoms with E-state index in [1.54, 1.807) is 19.1 Å². The molecular weight excluding hydrogens is 455 g/mol. The van der Waals surface area contributed by atoms with Gasteiger partial charge in [-0.3, -0.25) is 14.4 Å². The van der Waals surface area contributed by atoms with E-state index in [-0.39, 0.29) is 47.3 Å². The molecule has 0 radical (unpaired) electrons. The van der Waals surface area contributed by atoms with Gasteiger partial charge in [0.1, 0.15) is 23.5 Å². The van der Waals surface area contributed by atoms with E-state index < -0.39 is 11.8 Å². The van der Waals surface area contributed by atoms with Gasteiger partial charge in [0.05, 0.1) is 13.0 Å². The minimum Gasteiger partial charge on any atom is -0.469 e. The van der Waals surface area contributed by atoms with Crippen molar-refractivity contribution in [3.05, 3.63) is 58.9 Å². The minimum absolute atomic E-state index is 0.0214. The summed E-state index contributed by atoms with van der Waals surface area (Å²) in [6, 6.07) is 5.97. The molecule has 0 unspecified atom stereocenters. The number of benzene rings is 1. The summed E-state index contributed by atoms with van der Waals surface area (Å²) in [7, 11) is 1.40. The third-order valence-electron chi connectivity index (χ3n) is 6.33. The summed E-state index contributed by atoms with van der Waals surface area (Å²) in [5, 5.41) is 9.69. The van der Waals surface area contributed by atoms with Gasteiger partial charge >= 0.3 is 5.97 Å². The summed E-state index contributed by atoms with van der Waals surface area (Å²) in [6.07, 6.45) is 4.34. The molecule has 1 aliphatic rings. The number of hydrogen-bond donors (Lipinski definition) is 2. The maximum absolute atomic E-state index is 13.5. The van der Waals surface area contributed by atoms with Crippen molar-refractivity contribution >= 4 is 23.6 Å². The highest BCUT2D eigenvalue weighted by Crippen LogP contribution is 2.29. The maximum Gasteiger partial charge on any atom is 0.308 e. The fraction of sp³-hybridized carbons (Fsp3) is 0.417. The summed E-state index contributed by atoms with van der Waals surface area (Å²) < 4.78 is 19.6. The maximum atomic E-state index is 13.5. The van der Waals surface area contributed by atoms with Crippen molar-refractivity contribution in [3.8, 4) is 0 Å². The Labute approximate surface area is 201 Å². The average molecular weight is 483 g/mol. The Morgan fingerprint density at radius 1 is 1.11 bits per heavy atom. The Morgan fingerprint density at radius 2 is 1.89 bits per heavy atom. The first-order valence-corrected chi connectivity index (χ1v) is 11.5. The molecule has 0 aliphatic heterocycles. The molecule has 2 amide bonds. The summed E-state index contributed by atoms with van der Waals surface area (Å²) in [6.45, 7) is 2.27. The molecule has 0 bridgehead atoms. The first-order chi connectivity index (χ1) is 16.9. The number of hydrogen-bond acceptors (Lipinski definition) is 7. The highest BCUT2D eigenvalue weighted by Gasteiger charge is 2.27. The number of carbonyl (C=O) groups excluding carboxylic acids is 3. The van der Waals surface area contributed by atoms with Gasteiger partial charge in [0, 0.05) is 19.2 Å². The monoisotopic (exact) mass is 482 g/mol. The van der Waals surface area contributed by atoms with Crippen LogP contribution in [0.2, 0.25) is 0 Å². The predicted molar refractivity (Wildman–Crippen MR) is 123 cm³/mol. The van der Waals surface area contributed by atoms with E-state index in [0.717, 1.165) is 31.2 Å². The van der Waals surface area contributed by atoms with Gasteiger partial charge in [0.25, 0.3) is 17.6 Å². The summed E-state index contributed by atoms with van der Waals surface area (Å²) in [5.41, 5.74) is 1.38.